The smallest absolute Gasteiger partial charge is 0.0736 e. The molecule has 0 aromatic carbocycles. The number of aromatic nitrogens is 2. The standard InChI is InChI=1S/C16H27N3O2/c1-3-19-11-14-9-18(8-13-4-6-21-7-5-13)10-15(12-20-2)16(14)17-19/h11,13,15H,3-10,12H2,1-2H3/t15-/m0/s1. The first-order chi connectivity index (χ1) is 10.3. The minimum absolute atomic E-state index is 0.409. The first-order valence-electron chi connectivity index (χ1n) is 8.15. The third-order valence-corrected chi connectivity index (χ3v) is 4.68. The first kappa shape index (κ1) is 15.0. The fraction of sp³-hybridized carbons (Fsp3) is 0.812. The van der Waals surface area contributed by atoms with E-state index in [1.807, 2.05) is 0 Å². The normalized spacial score (nSPS) is 24.2. The predicted octanol–water partition coefficient (Wildman–Crippen LogP) is 1.88. The van der Waals surface area contributed by atoms with Gasteiger partial charge in [-0.05, 0) is 25.7 Å². The molecule has 3 heterocycles. The van der Waals surface area contributed by atoms with Crippen LogP contribution in [-0.4, -0.2) is 54.7 Å². The highest BCUT2D eigenvalue weighted by Crippen LogP contribution is 2.29. The molecular formula is C16H27N3O2. The lowest BCUT2D eigenvalue weighted by atomic mass is 9.94. The van der Waals surface area contributed by atoms with Crippen LogP contribution in [0.5, 0.6) is 0 Å². The maximum Gasteiger partial charge on any atom is 0.0736 e. The summed E-state index contributed by atoms with van der Waals surface area (Å²) >= 11 is 0. The fourth-order valence-corrected chi connectivity index (χ4v) is 3.57. The average molecular weight is 293 g/mol. The molecule has 1 fully saturated rings. The fourth-order valence-electron chi connectivity index (χ4n) is 3.57. The molecule has 0 bridgehead atoms. The summed E-state index contributed by atoms with van der Waals surface area (Å²) in [5.41, 5.74) is 2.64. The van der Waals surface area contributed by atoms with Crippen molar-refractivity contribution in [2.24, 2.45) is 5.92 Å². The molecule has 1 atom stereocenters. The number of aryl methyl sites for hydroxylation is 1. The van der Waals surface area contributed by atoms with E-state index in [2.05, 4.69) is 22.7 Å². The summed E-state index contributed by atoms with van der Waals surface area (Å²) in [6.45, 7) is 8.98. The van der Waals surface area contributed by atoms with E-state index in [0.717, 1.165) is 45.4 Å². The van der Waals surface area contributed by atoms with Crippen molar-refractivity contribution in [2.45, 2.75) is 38.8 Å². The summed E-state index contributed by atoms with van der Waals surface area (Å²) in [5, 5.41) is 4.74. The first-order valence-corrected chi connectivity index (χ1v) is 8.15. The van der Waals surface area contributed by atoms with Crippen molar-refractivity contribution in [2.75, 3.05) is 40.0 Å². The number of methoxy groups -OCH3 is 1. The molecule has 5 nitrogen and oxygen atoms in total. The van der Waals surface area contributed by atoms with Gasteiger partial charge in [0.1, 0.15) is 0 Å². The molecule has 118 valence electrons. The number of rotatable bonds is 5. The molecule has 3 rings (SSSR count). The van der Waals surface area contributed by atoms with Gasteiger partial charge in [-0.2, -0.15) is 5.10 Å². The lowest BCUT2D eigenvalue weighted by Gasteiger charge is -2.35. The lowest BCUT2D eigenvalue weighted by Crippen LogP contribution is -2.39. The van der Waals surface area contributed by atoms with E-state index >= 15 is 0 Å². The van der Waals surface area contributed by atoms with Crippen molar-refractivity contribution < 1.29 is 9.47 Å². The van der Waals surface area contributed by atoms with Crippen molar-refractivity contribution in [3.05, 3.63) is 17.5 Å². The lowest BCUT2D eigenvalue weighted by molar-refractivity contribution is 0.0461. The number of hydrogen-bond acceptors (Lipinski definition) is 4. The van der Waals surface area contributed by atoms with Crippen molar-refractivity contribution in [3.8, 4) is 0 Å². The topological polar surface area (TPSA) is 39.5 Å². The average Bonchev–Trinajstić information content (AvgIpc) is 2.92. The predicted molar refractivity (Wildman–Crippen MR) is 81.3 cm³/mol. The minimum Gasteiger partial charge on any atom is -0.384 e. The number of hydrogen-bond donors (Lipinski definition) is 0. The molecule has 0 N–H and O–H groups in total. The van der Waals surface area contributed by atoms with E-state index < -0.39 is 0 Å². The number of fused-ring (bicyclic) bond motifs is 1. The molecule has 0 saturated carbocycles. The highest BCUT2D eigenvalue weighted by molar-refractivity contribution is 5.24. The monoisotopic (exact) mass is 293 g/mol. The highest BCUT2D eigenvalue weighted by atomic mass is 16.5. The largest absolute Gasteiger partial charge is 0.384 e. The van der Waals surface area contributed by atoms with Crippen molar-refractivity contribution in [1.29, 1.82) is 0 Å². The molecule has 0 aliphatic carbocycles. The summed E-state index contributed by atoms with van der Waals surface area (Å²) < 4.78 is 13.0. The van der Waals surface area contributed by atoms with Gasteiger partial charge in [0, 0.05) is 64.2 Å². The van der Waals surface area contributed by atoms with E-state index in [1.165, 1.54) is 30.6 Å². The molecule has 2 aliphatic rings. The zero-order valence-corrected chi connectivity index (χ0v) is 13.3. The van der Waals surface area contributed by atoms with E-state index in [-0.39, 0.29) is 0 Å². The molecule has 1 saturated heterocycles. The van der Waals surface area contributed by atoms with Gasteiger partial charge in [0.15, 0.2) is 0 Å². The van der Waals surface area contributed by atoms with Crippen LogP contribution in [0.15, 0.2) is 6.20 Å². The Kier molecular flexibility index (Phi) is 4.93. The molecule has 0 radical (unpaired) electrons. The molecule has 2 aliphatic heterocycles. The van der Waals surface area contributed by atoms with Crippen molar-refractivity contribution >= 4 is 0 Å². The summed E-state index contributed by atoms with van der Waals surface area (Å²) in [7, 11) is 1.79. The van der Waals surface area contributed by atoms with Crippen LogP contribution in [0.2, 0.25) is 0 Å². The third kappa shape index (κ3) is 3.47. The maximum absolute atomic E-state index is 5.47. The Hall–Kier alpha value is -0.910. The molecule has 5 heteroatoms. The zero-order chi connectivity index (χ0) is 14.7. The SMILES string of the molecule is CCn1cc2c(n1)[C@H](COC)CN(CC1CCOCC1)C2. The summed E-state index contributed by atoms with van der Waals surface area (Å²) in [5.74, 6) is 1.19. The Morgan fingerprint density at radius 1 is 1.38 bits per heavy atom. The second-order valence-electron chi connectivity index (χ2n) is 6.30. The van der Waals surface area contributed by atoms with Crippen LogP contribution in [0.1, 0.15) is 36.9 Å². The minimum atomic E-state index is 0.409. The van der Waals surface area contributed by atoms with Gasteiger partial charge in [0.25, 0.3) is 0 Å². The van der Waals surface area contributed by atoms with Crippen LogP contribution < -0.4 is 0 Å². The van der Waals surface area contributed by atoms with Crippen LogP contribution in [0.25, 0.3) is 0 Å². The molecule has 1 aromatic rings. The van der Waals surface area contributed by atoms with Crippen LogP contribution >= 0.6 is 0 Å². The Labute approximate surface area is 127 Å². The summed E-state index contributed by atoms with van der Waals surface area (Å²) in [6.07, 6.45) is 4.62. The van der Waals surface area contributed by atoms with Gasteiger partial charge in [-0.1, -0.05) is 0 Å². The van der Waals surface area contributed by atoms with E-state index in [9.17, 15) is 0 Å². The van der Waals surface area contributed by atoms with Gasteiger partial charge in [-0.15, -0.1) is 0 Å². The Bertz CT molecular complexity index is 454. The van der Waals surface area contributed by atoms with Crippen LogP contribution in [0, 0.1) is 5.92 Å². The van der Waals surface area contributed by atoms with E-state index in [1.54, 1.807) is 7.11 Å². The van der Waals surface area contributed by atoms with Gasteiger partial charge in [-0.3, -0.25) is 9.58 Å². The highest BCUT2D eigenvalue weighted by Gasteiger charge is 2.30. The van der Waals surface area contributed by atoms with E-state index in [0.29, 0.717) is 5.92 Å². The molecule has 21 heavy (non-hydrogen) atoms. The van der Waals surface area contributed by atoms with Gasteiger partial charge >= 0.3 is 0 Å². The van der Waals surface area contributed by atoms with Crippen LogP contribution in [0.4, 0.5) is 0 Å². The number of nitrogens with zero attached hydrogens (tertiary/aromatic N) is 3. The Morgan fingerprint density at radius 2 is 2.19 bits per heavy atom. The van der Waals surface area contributed by atoms with E-state index in [4.69, 9.17) is 14.6 Å². The molecule has 0 amide bonds. The molecule has 0 spiro atoms. The van der Waals surface area contributed by atoms with Crippen LogP contribution in [0.3, 0.4) is 0 Å². The van der Waals surface area contributed by atoms with Crippen molar-refractivity contribution in [3.63, 3.8) is 0 Å². The molecular weight excluding hydrogens is 266 g/mol. The number of ether oxygens (including phenoxy) is 2. The Balaban J connectivity index is 1.70. The quantitative estimate of drug-likeness (QED) is 0.831. The summed E-state index contributed by atoms with van der Waals surface area (Å²) in [4.78, 5) is 2.59. The maximum atomic E-state index is 5.47. The third-order valence-electron chi connectivity index (χ3n) is 4.68. The molecule has 1 aromatic heterocycles. The Morgan fingerprint density at radius 3 is 2.90 bits per heavy atom. The summed E-state index contributed by atoms with van der Waals surface area (Å²) in [6, 6.07) is 0. The van der Waals surface area contributed by atoms with Gasteiger partial charge in [0.05, 0.1) is 12.3 Å². The van der Waals surface area contributed by atoms with Crippen LogP contribution in [-0.2, 0) is 22.6 Å². The van der Waals surface area contributed by atoms with Gasteiger partial charge < -0.3 is 9.47 Å². The zero-order valence-electron chi connectivity index (χ0n) is 13.3. The van der Waals surface area contributed by atoms with Gasteiger partial charge in [-0.25, -0.2) is 0 Å². The second-order valence-corrected chi connectivity index (χ2v) is 6.30. The van der Waals surface area contributed by atoms with Gasteiger partial charge in [0.2, 0.25) is 0 Å². The van der Waals surface area contributed by atoms with Crippen molar-refractivity contribution in [1.82, 2.24) is 14.7 Å². The second kappa shape index (κ2) is 6.90. The molecule has 0 unspecified atom stereocenters.